The van der Waals surface area contributed by atoms with Crippen molar-refractivity contribution in [3.8, 4) is 22.3 Å². The Kier molecular flexibility index (Phi) is 3.89. The molecule has 0 aromatic heterocycles. The van der Waals surface area contributed by atoms with Crippen LogP contribution >= 0.6 is 0 Å². The Hall–Kier alpha value is -3.02. The van der Waals surface area contributed by atoms with E-state index < -0.39 is 23.3 Å². The molecule has 0 spiro atoms. The van der Waals surface area contributed by atoms with Crippen LogP contribution < -0.4 is 11.5 Å². The summed E-state index contributed by atoms with van der Waals surface area (Å²) in [6.45, 7) is 0. The number of nitrogen functional groups attached to an aromatic ring is 2. The Bertz CT molecular complexity index is 939. The summed E-state index contributed by atoms with van der Waals surface area (Å²) in [5.41, 5.74) is 12.5. The molecule has 0 aliphatic carbocycles. The van der Waals surface area contributed by atoms with Crippen molar-refractivity contribution in [3.05, 3.63) is 71.8 Å². The highest BCUT2D eigenvalue weighted by Crippen LogP contribution is 2.40. The standard InChI is InChI=1S/C18H12F4N2/c19-9-1-3-11(14(21)7-9)12-5-6-16(23)17(18(12)24)13-4-2-10(20)8-15(13)22/h1-8H,23-24H2. The smallest absolute Gasteiger partial charge is 0.134 e. The van der Waals surface area contributed by atoms with Crippen LogP contribution in [0, 0.1) is 23.3 Å². The lowest BCUT2D eigenvalue weighted by Gasteiger charge is -2.15. The van der Waals surface area contributed by atoms with Crippen LogP contribution in [0.25, 0.3) is 22.3 Å². The minimum Gasteiger partial charge on any atom is -0.398 e. The van der Waals surface area contributed by atoms with Crippen LogP contribution in [0.2, 0.25) is 0 Å². The zero-order chi connectivity index (χ0) is 17.4. The topological polar surface area (TPSA) is 52.0 Å². The van der Waals surface area contributed by atoms with E-state index in [0.717, 1.165) is 18.2 Å². The van der Waals surface area contributed by atoms with Gasteiger partial charge in [-0.1, -0.05) is 6.07 Å². The molecule has 4 N–H and O–H groups in total. The fourth-order valence-corrected chi connectivity index (χ4v) is 2.57. The summed E-state index contributed by atoms with van der Waals surface area (Å²) in [6.07, 6.45) is 0. The van der Waals surface area contributed by atoms with Gasteiger partial charge in [0.25, 0.3) is 0 Å². The van der Waals surface area contributed by atoms with Crippen molar-refractivity contribution in [1.29, 1.82) is 0 Å². The summed E-state index contributed by atoms with van der Waals surface area (Å²) < 4.78 is 54.3. The molecule has 6 heteroatoms. The molecule has 2 nitrogen and oxygen atoms in total. The first kappa shape index (κ1) is 15.9. The third kappa shape index (κ3) is 2.67. The van der Waals surface area contributed by atoms with Crippen molar-refractivity contribution < 1.29 is 17.6 Å². The number of hydrogen-bond acceptors (Lipinski definition) is 2. The van der Waals surface area contributed by atoms with Crippen molar-refractivity contribution in [2.75, 3.05) is 11.5 Å². The van der Waals surface area contributed by atoms with E-state index in [9.17, 15) is 17.6 Å². The fourth-order valence-electron chi connectivity index (χ4n) is 2.57. The summed E-state index contributed by atoms with van der Waals surface area (Å²) in [4.78, 5) is 0. The fraction of sp³-hybridized carbons (Fsp3) is 0. The molecule has 0 saturated heterocycles. The number of hydrogen-bond donors (Lipinski definition) is 2. The summed E-state index contributed by atoms with van der Waals surface area (Å²) in [7, 11) is 0. The van der Waals surface area contributed by atoms with Gasteiger partial charge in [-0.2, -0.15) is 0 Å². The third-order valence-electron chi connectivity index (χ3n) is 3.70. The number of halogens is 4. The quantitative estimate of drug-likeness (QED) is 0.526. The van der Waals surface area contributed by atoms with Crippen molar-refractivity contribution in [1.82, 2.24) is 0 Å². The number of rotatable bonds is 2. The first-order valence-corrected chi connectivity index (χ1v) is 6.97. The highest BCUT2D eigenvalue weighted by atomic mass is 19.1. The molecule has 3 aromatic rings. The van der Waals surface area contributed by atoms with Gasteiger partial charge in [0.1, 0.15) is 23.3 Å². The van der Waals surface area contributed by atoms with E-state index in [-0.39, 0.29) is 33.6 Å². The van der Waals surface area contributed by atoms with Gasteiger partial charge in [0.2, 0.25) is 0 Å². The maximum atomic E-state index is 14.1. The van der Waals surface area contributed by atoms with Gasteiger partial charge in [-0.15, -0.1) is 0 Å². The van der Waals surface area contributed by atoms with E-state index in [4.69, 9.17) is 11.5 Å². The first-order valence-electron chi connectivity index (χ1n) is 6.97. The Balaban J connectivity index is 2.25. The largest absolute Gasteiger partial charge is 0.398 e. The molecule has 3 rings (SSSR count). The molecule has 24 heavy (non-hydrogen) atoms. The molecule has 0 unspecified atom stereocenters. The molecular weight excluding hydrogens is 320 g/mol. The van der Waals surface area contributed by atoms with Gasteiger partial charge in [0, 0.05) is 45.8 Å². The van der Waals surface area contributed by atoms with Gasteiger partial charge < -0.3 is 11.5 Å². The van der Waals surface area contributed by atoms with Crippen molar-refractivity contribution in [2.24, 2.45) is 0 Å². The molecule has 0 bridgehead atoms. The second-order valence-electron chi connectivity index (χ2n) is 5.24. The van der Waals surface area contributed by atoms with Crippen LogP contribution in [0.15, 0.2) is 48.5 Å². The predicted octanol–water partition coefficient (Wildman–Crippen LogP) is 4.74. The average molecular weight is 332 g/mol. The molecule has 0 amide bonds. The Morgan fingerprint density at radius 3 is 1.62 bits per heavy atom. The van der Waals surface area contributed by atoms with Crippen LogP contribution in [0.5, 0.6) is 0 Å². The number of benzene rings is 3. The summed E-state index contributed by atoms with van der Waals surface area (Å²) in [5.74, 6) is -3.12. The SMILES string of the molecule is Nc1ccc(-c2ccc(F)cc2F)c(N)c1-c1ccc(F)cc1F. The van der Waals surface area contributed by atoms with Gasteiger partial charge in [-0.25, -0.2) is 17.6 Å². The molecule has 0 atom stereocenters. The van der Waals surface area contributed by atoms with Crippen molar-refractivity contribution >= 4 is 11.4 Å². The molecule has 0 saturated carbocycles. The van der Waals surface area contributed by atoms with Crippen LogP contribution in [0.3, 0.4) is 0 Å². The Labute approximate surface area is 135 Å². The lowest BCUT2D eigenvalue weighted by molar-refractivity contribution is 0.585. The van der Waals surface area contributed by atoms with Crippen molar-refractivity contribution in [3.63, 3.8) is 0 Å². The van der Waals surface area contributed by atoms with Crippen molar-refractivity contribution in [2.45, 2.75) is 0 Å². The van der Waals surface area contributed by atoms with E-state index in [2.05, 4.69) is 0 Å². The summed E-state index contributed by atoms with van der Waals surface area (Å²) in [6, 6.07) is 8.94. The number of nitrogens with two attached hydrogens (primary N) is 2. The highest BCUT2D eigenvalue weighted by Gasteiger charge is 2.18. The summed E-state index contributed by atoms with van der Waals surface area (Å²) in [5, 5.41) is 0. The summed E-state index contributed by atoms with van der Waals surface area (Å²) >= 11 is 0. The molecule has 0 aliphatic heterocycles. The molecule has 0 aliphatic rings. The number of anilines is 2. The normalized spacial score (nSPS) is 10.8. The predicted molar refractivity (Wildman–Crippen MR) is 86.0 cm³/mol. The molecule has 0 radical (unpaired) electrons. The molecule has 0 heterocycles. The van der Waals surface area contributed by atoms with E-state index in [1.54, 1.807) is 0 Å². The zero-order valence-electron chi connectivity index (χ0n) is 12.3. The van der Waals surface area contributed by atoms with E-state index in [0.29, 0.717) is 6.07 Å². The van der Waals surface area contributed by atoms with Crippen LogP contribution in [0.1, 0.15) is 0 Å². The van der Waals surface area contributed by atoms with E-state index in [1.165, 1.54) is 24.3 Å². The lowest BCUT2D eigenvalue weighted by atomic mass is 9.94. The minimum absolute atomic E-state index is 0.00392. The van der Waals surface area contributed by atoms with Gasteiger partial charge in [0.05, 0.1) is 0 Å². The monoisotopic (exact) mass is 332 g/mol. The van der Waals surface area contributed by atoms with Crippen LogP contribution in [0.4, 0.5) is 28.9 Å². The van der Waals surface area contributed by atoms with Gasteiger partial charge in [0.15, 0.2) is 0 Å². The minimum atomic E-state index is -0.842. The molecule has 3 aromatic carbocycles. The maximum Gasteiger partial charge on any atom is 0.134 e. The Morgan fingerprint density at radius 1 is 0.583 bits per heavy atom. The second kappa shape index (κ2) is 5.88. The zero-order valence-corrected chi connectivity index (χ0v) is 12.3. The van der Waals surface area contributed by atoms with E-state index >= 15 is 0 Å². The first-order chi connectivity index (χ1) is 11.4. The van der Waals surface area contributed by atoms with Gasteiger partial charge >= 0.3 is 0 Å². The van der Waals surface area contributed by atoms with Gasteiger partial charge in [-0.05, 0) is 30.3 Å². The van der Waals surface area contributed by atoms with Crippen LogP contribution in [-0.2, 0) is 0 Å². The molecular formula is C18H12F4N2. The lowest BCUT2D eigenvalue weighted by Crippen LogP contribution is -2.01. The van der Waals surface area contributed by atoms with Crippen LogP contribution in [-0.4, -0.2) is 0 Å². The Morgan fingerprint density at radius 2 is 1.08 bits per heavy atom. The van der Waals surface area contributed by atoms with Gasteiger partial charge in [-0.3, -0.25) is 0 Å². The maximum absolute atomic E-state index is 14.1. The molecule has 0 fully saturated rings. The molecule has 122 valence electrons. The second-order valence-corrected chi connectivity index (χ2v) is 5.24. The average Bonchev–Trinajstić information content (AvgIpc) is 2.50. The third-order valence-corrected chi connectivity index (χ3v) is 3.70. The van der Waals surface area contributed by atoms with E-state index in [1.807, 2.05) is 0 Å². The highest BCUT2D eigenvalue weighted by molar-refractivity contribution is 5.95.